The van der Waals surface area contributed by atoms with Crippen molar-refractivity contribution in [3.8, 4) is 0 Å². The lowest BCUT2D eigenvalue weighted by atomic mass is 10.2. The molecule has 0 radical (unpaired) electrons. The Morgan fingerprint density at radius 1 is 1.14 bits per heavy atom. The number of anilines is 2. The number of pyridine rings is 1. The third kappa shape index (κ3) is 2.64. The molecule has 0 aliphatic carbocycles. The van der Waals surface area contributed by atoms with Crippen LogP contribution < -0.4 is 11.1 Å². The number of aromatic nitrogens is 3. The topological polar surface area (TPSA) is 93.8 Å². The number of benzene rings is 1. The predicted octanol–water partition coefficient (Wildman–Crippen LogP) is 2.17. The monoisotopic (exact) mass is 279 g/mol. The van der Waals surface area contributed by atoms with Gasteiger partial charge in [-0.2, -0.15) is 0 Å². The molecule has 3 rings (SSSR count). The Kier molecular flexibility index (Phi) is 3.19. The van der Waals surface area contributed by atoms with E-state index in [4.69, 9.17) is 5.73 Å². The van der Waals surface area contributed by atoms with Crippen molar-refractivity contribution in [2.24, 2.45) is 0 Å². The predicted molar refractivity (Wildman–Crippen MR) is 80.9 cm³/mol. The van der Waals surface area contributed by atoms with Gasteiger partial charge in [-0.05, 0) is 37.3 Å². The number of nitrogens with zero attached hydrogens (tertiary/aromatic N) is 3. The summed E-state index contributed by atoms with van der Waals surface area (Å²) in [5.41, 5.74) is 9.25. The second kappa shape index (κ2) is 5.16. The van der Waals surface area contributed by atoms with E-state index in [9.17, 15) is 4.79 Å². The van der Waals surface area contributed by atoms with Gasteiger partial charge in [0.05, 0.1) is 11.4 Å². The first kappa shape index (κ1) is 13.0. The van der Waals surface area contributed by atoms with Gasteiger partial charge in [0.2, 0.25) is 0 Å². The van der Waals surface area contributed by atoms with Gasteiger partial charge >= 0.3 is 0 Å². The minimum atomic E-state index is -0.219. The SMILES string of the molecule is Cc1nc2nccnc2cc1NC(=O)c1ccc(N)cc1. The molecule has 3 aromatic rings. The highest BCUT2D eigenvalue weighted by Crippen LogP contribution is 2.18. The normalized spacial score (nSPS) is 10.5. The Bertz CT molecular complexity index is 814. The van der Waals surface area contributed by atoms with Gasteiger partial charge in [-0.25, -0.2) is 9.97 Å². The minimum absolute atomic E-state index is 0.219. The fourth-order valence-electron chi connectivity index (χ4n) is 1.95. The minimum Gasteiger partial charge on any atom is -0.399 e. The number of fused-ring (bicyclic) bond motifs is 1. The molecule has 6 nitrogen and oxygen atoms in total. The lowest BCUT2D eigenvalue weighted by molar-refractivity contribution is 0.102. The molecule has 104 valence electrons. The smallest absolute Gasteiger partial charge is 0.255 e. The second-order valence-corrected chi connectivity index (χ2v) is 4.60. The quantitative estimate of drug-likeness (QED) is 0.701. The standard InChI is InChI=1S/C15H13N5O/c1-9-12(8-13-14(19-9)18-7-6-17-13)20-15(21)10-2-4-11(16)5-3-10/h2-8H,16H2,1H3,(H,20,21). The lowest BCUT2D eigenvalue weighted by Crippen LogP contribution is -2.13. The van der Waals surface area contributed by atoms with Crippen LogP contribution in [0.2, 0.25) is 0 Å². The Labute approximate surface area is 121 Å². The maximum atomic E-state index is 12.2. The molecule has 0 bridgehead atoms. The first-order valence-electron chi connectivity index (χ1n) is 6.39. The summed E-state index contributed by atoms with van der Waals surface area (Å²) in [4.78, 5) is 24.8. The van der Waals surface area contributed by atoms with E-state index in [-0.39, 0.29) is 5.91 Å². The fourth-order valence-corrected chi connectivity index (χ4v) is 1.95. The lowest BCUT2D eigenvalue weighted by Gasteiger charge is -2.09. The van der Waals surface area contributed by atoms with Crippen LogP contribution >= 0.6 is 0 Å². The van der Waals surface area contributed by atoms with Crippen molar-refractivity contribution in [2.75, 3.05) is 11.1 Å². The number of rotatable bonds is 2. The molecule has 0 unspecified atom stereocenters. The van der Waals surface area contributed by atoms with Gasteiger partial charge in [-0.1, -0.05) is 0 Å². The van der Waals surface area contributed by atoms with E-state index in [1.807, 2.05) is 6.92 Å². The molecule has 0 saturated carbocycles. The molecule has 0 saturated heterocycles. The van der Waals surface area contributed by atoms with E-state index in [0.29, 0.717) is 33.8 Å². The molecule has 2 aromatic heterocycles. The number of amides is 1. The maximum absolute atomic E-state index is 12.2. The average molecular weight is 279 g/mol. The number of carbonyl (C=O) groups is 1. The summed E-state index contributed by atoms with van der Waals surface area (Å²) in [6.45, 7) is 1.81. The second-order valence-electron chi connectivity index (χ2n) is 4.60. The van der Waals surface area contributed by atoms with Crippen LogP contribution in [0.1, 0.15) is 16.1 Å². The van der Waals surface area contributed by atoms with E-state index >= 15 is 0 Å². The molecule has 1 aromatic carbocycles. The van der Waals surface area contributed by atoms with Gasteiger partial charge < -0.3 is 11.1 Å². The zero-order valence-electron chi connectivity index (χ0n) is 11.4. The zero-order valence-corrected chi connectivity index (χ0v) is 11.4. The molecule has 0 fully saturated rings. The Morgan fingerprint density at radius 2 is 1.86 bits per heavy atom. The van der Waals surface area contributed by atoms with Gasteiger partial charge in [-0.15, -0.1) is 0 Å². The third-order valence-corrected chi connectivity index (χ3v) is 3.07. The Balaban J connectivity index is 1.92. The number of aryl methyl sites for hydroxylation is 1. The average Bonchev–Trinajstić information content (AvgIpc) is 2.48. The summed E-state index contributed by atoms with van der Waals surface area (Å²) in [6.07, 6.45) is 3.17. The van der Waals surface area contributed by atoms with E-state index in [2.05, 4.69) is 20.3 Å². The van der Waals surface area contributed by atoms with Gasteiger partial charge in [0, 0.05) is 23.6 Å². The molecule has 3 N–H and O–H groups in total. The van der Waals surface area contributed by atoms with Crippen molar-refractivity contribution in [2.45, 2.75) is 6.92 Å². The molecule has 21 heavy (non-hydrogen) atoms. The maximum Gasteiger partial charge on any atom is 0.255 e. The van der Waals surface area contributed by atoms with E-state index in [1.54, 1.807) is 42.7 Å². The molecule has 0 aliphatic rings. The van der Waals surface area contributed by atoms with Crippen LogP contribution in [-0.4, -0.2) is 20.9 Å². The number of hydrogen-bond acceptors (Lipinski definition) is 5. The van der Waals surface area contributed by atoms with Crippen LogP contribution in [0.4, 0.5) is 11.4 Å². The number of nitrogens with one attached hydrogen (secondary N) is 1. The largest absolute Gasteiger partial charge is 0.399 e. The van der Waals surface area contributed by atoms with Crippen LogP contribution in [0, 0.1) is 6.92 Å². The number of hydrogen-bond donors (Lipinski definition) is 2. The van der Waals surface area contributed by atoms with Gasteiger partial charge in [0.25, 0.3) is 5.91 Å². The van der Waals surface area contributed by atoms with Crippen molar-refractivity contribution < 1.29 is 4.79 Å². The van der Waals surface area contributed by atoms with Crippen LogP contribution in [0.3, 0.4) is 0 Å². The molecular weight excluding hydrogens is 266 g/mol. The summed E-state index contributed by atoms with van der Waals surface area (Å²) in [5.74, 6) is -0.219. The van der Waals surface area contributed by atoms with E-state index < -0.39 is 0 Å². The molecule has 2 heterocycles. The number of carbonyl (C=O) groups excluding carboxylic acids is 1. The highest BCUT2D eigenvalue weighted by atomic mass is 16.1. The molecule has 0 atom stereocenters. The van der Waals surface area contributed by atoms with Gasteiger partial charge in [0.15, 0.2) is 5.65 Å². The summed E-state index contributed by atoms with van der Waals surface area (Å²) in [6, 6.07) is 8.49. The molecule has 0 aliphatic heterocycles. The molecule has 1 amide bonds. The van der Waals surface area contributed by atoms with Crippen LogP contribution in [0.25, 0.3) is 11.2 Å². The van der Waals surface area contributed by atoms with Crippen LogP contribution in [-0.2, 0) is 0 Å². The summed E-state index contributed by atoms with van der Waals surface area (Å²) < 4.78 is 0. The summed E-state index contributed by atoms with van der Waals surface area (Å²) >= 11 is 0. The van der Waals surface area contributed by atoms with Crippen LogP contribution in [0.5, 0.6) is 0 Å². The van der Waals surface area contributed by atoms with Crippen molar-refractivity contribution >= 4 is 28.4 Å². The van der Waals surface area contributed by atoms with Crippen LogP contribution in [0.15, 0.2) is 42.7 Å². The highest BCUT2D eigenvalue weighted by Gasteiger charge is 2.10. The summed E-state index contributed by atoms with van der Waals surface area (Å²) in [5, 5.41) is 2.83. The molecular formula is C15H13N5O. The molecule has 0 spiro atoms. The van der Waals surface area contributed by atoms with Gasteiger partial charge in [-0.3, -0.25) is 9.78 Å². The van der Waals surface area contributed by atoms with Crippen molar-refractivity contribution in [3.63, 3.8) is 0 Å². The fraction of sp³-hybridized carbons (Fsp3) is 0.0667. The first-order valence-corrected chi connectivity index (χ1v) is 6.39. The first-order chi connectivity index (χ1) is 10.1. The highest BCUT2D eigenvalue weighted by molar-refractivity contribution is 6.05. The van der Waals surface area contributed by atoms with Crippen molar-refractivity contribution in [3.05, 3.63) is 54.0 Å². The summed E-state index contributed by atoms with van der Waals surface area (Å²) in [7, 11) is 0. The number of nitrogen functional groups attached to an aromatic ring is 1. The Morgan fingerprint density at radius 3 is 2.62 bits per heavy atom. The van der Waals surface area contributed by atoms with Gasteiger partial charge in [0.1, 0.15) is 5.52 Å². The van der Waals surface area contributed by atoms with Crippen molar-refractivity contribution in [1.82, 2.24) is 15.0 Å². The van der Waals surface area contributed by atoms with E-state index in [1.165, 1.54) is 0 Å². The van der Waals surface area contributed by atoms with Crippen molar-refractivity contribution in [1.29, 1.82) is 0 Å². The zero-order chi connectivity index (χ0) is 14.8. The van der Waals surface area contributed by atoms with E-state index in [0.717, 1.165) is 0 Å². The Hall–Kier alpha value is -3.02. The number of nitrogens with two attached hydrogens (primary N) is 1. The third-order valence-electron chi connectivity index (χ3n) is 3.07. The molecule has 6 heteroatoms.